The van der Waals surface area contributed by atoms with Gasteiger partial charge in [0.15, 0.2) is 6.10 Å². The van der Waals surface area contributed by atoms with Crippen molar-refractivity contribution in [1.82, 2.24) is 15.2 Å². The van der Waals surface area contributed by atoms with Gasteiger partial charge in [0.05, 0.1) is 21.2 Å². The van der Waals surface area contributed by atoms with Gasteiger partial charge in [-0.15, -0.1) is 11.3 Å². The second kappa shape index (κ2) is 8.39. The number of ether oxygens (including phenoxy) is 1. The predicted octanol–water partition coefficient (Wildman–Crippen LogP) is 2.07. The summed E-state index contributed by atoms with van der Waals surface area (Å²) in [5.74, 6) is 0.484. The summed E-state index contributed by atoms with van der Waals surface area (Å²) >= 11 is 1.30. The normalized spacial score (nSPS) is 17.2. The fourth-order valence-electron chi connectivity index (χ4n) is 3.32. The number of likely N-dealkylation sites (N-methyl/N-ethyl adjacent to an activating group) is 1. The number of fused-ring (bicyclic) bond motifs is 1. The minimum absolute atomic E-state index is 0.118. The zero-order valence-electron chi connectivity index (χ0n) is 16.2. The Morgan fingerprint density at radius 2 is 2.07 bits per heavy atom. The number of rotatable bonds is 5. The number of β-amino-alcohol motifs (C(OH)–C–C–N with tert-alkyl or cyclic N) is 1. The van der Waals surface area contributed by atoms with Crippen LogP contribution in [0, 0.1) is 0 Å². The zero-order chi connectivity index (χ0) is 21.3. The Morgan fingerprint density at radius 1 is 1.30 bits per heavy atom. The number of aromatic nitrogens is 1. The molecular weight excluding hydrogens is 406 g/mol. The number of benzene rings is 1. The highest BCUT2D eigenvalue weighted by molar-refractivity contribution is 7.21. The summed E-state index contributed by atoms with van der Waals surface area (Å²) in [6.07, 6.45) is 0.493. The average Bonchev–Trinajstić information content (AvgIpc) is 3.39. The number of amides is 2. The van der Waals surface area contributed by atoms with Gasteiger partial charge in [0, 0.05) is 32.4 Å². The first kappa shape index (κ1) is 20.3. The lowest BCUT2D eigenvalue weighted by Gasteiger charge is -2.13. The SMILES string of the molecule is CNC(=O)C(O)c1ccc(Oc2ccnc3cc(C(=O)N4CC[C@@H](O)C4)sc23)cc1. The van der Waals surface area contributed by atoms with Crippen molar-refractivity contribution < 1.29 is 24.5 Å². The van der Waals surface area contributed by atoms with E-state index in [9.17, 15) is 19.8 Å². The average molecular weight is 427 g/mol. The molecule has 30 heavy (non-hydrogen) atoms. The Morgan fingerprint density at radius 3 is 2.73 bits per heavy atom. The van der Waals surface area contributed by atoms with Crippen LogP contribution >= 0.6 is 11.3 Å². The molecular formula is C21H21N3O5S. The Labute approximate surface area is 176 Å². The molecule has 0 saturated carbocycles. The van der Waals surface area contributed by atoms with Crippen LogP contribution in [-0.4, -0.2) is 58.2 Å². The van der Waals surface area contributed by atoms with E-state index in [2.05, 4.69) is 10.3 Å². The first-order chi connectivity index (χ1) is 14.5. The molecule has 0 spiro atoms. The van der Waals surface area contributed by atoms with E-state index in [0.29, 0.717) is 47.0 Å². The molecule has 4 rings (SSSR count). The number of pyridine rings is 1. The van der Waals surface area contributed by atoms with Crippen LogP contribution in [0.2, 0.25) is 0 Å². The van der Waals surface area contributed by atoms with Crippen molar-refractivity contribution in [3.63, 3.8) is 0 Å². The molecule has 2 atom stereocenters. The van der Waals surface area contributed by atoms with Crippen molar-refractivity contribution in [1.29, 1.82) is 0 Å². The number of aliphatic hydroxyl groups excluding tert-OH is 2. The van der Waals surface area contributed by atoms with E-state index in [1.807, 2.05) is 0 Å². The number of aliphatic hydroxyl groups is 2. The first-order valence-electron chi connectivity index (χ1n) is 9.49. The molecule has 3 aromatic rings. The molecule has 2 aromatic heterocycles. The molecule has 156 valence electrons. The van der Waals surface area contributed by atoms with Crippen molar-refractivity contribution in [2.24, 2.45) is 0 Å². The third-order valence-electron chi connectivity index (χ3n) is 4.96. The van der Waals surface area contributed by atoms with Crippen molar-refractivity contribution in [3.05, 3.63) is 53.0 Å². The number of hydrogen-bond acceptors (Lipinski definition) is 7. The van der Waals surface area contributed by atoms with Crippen LogP contribution in [0.1, 0.15) is 27.8 Å². The Kier molecular flexibility index (Phi) is 5.67. The summed E-state index contributed by atoms with van der Waals surface area (Å²) in [7, 11) is 1.46. The maximum absolute atomic E-state index is 12.7. The van der Waals surface area contributed by atoms with Gasteiger partial charge in [-0.1, -0.05) is 12.1 Å². The van der Waals surface area contributed by atoms with E-state index in [1.165, 1.54) is 18.4 Å². The second-order valence-electron chi connectivity index (χ2n) is 7.02. The summed E-state index contributed by atoms with van der Waals surface area (Å²) in [6, 6.07) is 10.0. The molecule has 1 aliphatic heterocycles. The number of carbonyl (C=O) groups excluding carboxylic acids is 2. The number of thiophene rings is 1. The summed E-state index contributed by atoms with van der Waals surface area (Å²) in [5, 5.41) is 22.0. The Balaban J connectivity index is 1.55. The summed E-state index contributed by atoms with van der Waals surface area (Å²) < 4.78 is 6.72. The lowest BCUT2D eigenvalue weighted by molar-refractivity contribution is -0.129. The molecule has 3 N–H and O–H groups in total. The van der Waals surface area contributed by atoms with Gasteiger partial charge < -0.3 is 25.2 Å². The van der Waals surface area contributed by atoms with Crippen LogP contribution < -0.4 is 10.1 Å². The standard InChI is InChI=1S/C21H21N3O5S/c1-22-20(27)18(26)12-2-4-14(5-3-12)29-16-6-8-23-15-10-17(30-19(15)16)21(28)24-9-7-13(25)11-24/h2-6,8,10,13,18,25-26H,7,9,11H2,1H3,(H,22,27)/t13-,18?/m1/s1. The molecule has 1 fully saturated rings. The van der Waals surface area contributed by atoms with Crippen LogP contribution in [0.15, 0.2) is 42.6 Å². The van der Waals surface area contributed by atoms with E-state index in [-0.39, 0.29) is 5.91 Å². The van der Waals surface area contributed by atoms with Crippen LogP contribution in [0.5, 0.6) is 11.5 Å². The highest BCUT2D eigenvalue weighted by Gasteiger charge is 2.27. The summed E-state index contributed by atoms with van der Waals surface area (Å²) in [6.45, 7) is 0.886. The van der Waals surface area contributed by atoms with Gasteiger partial charge in [0.1, 0.15) is 11.5 Å². The number of likely N-dealkylation sites (tertiary alicyclic amines) is 1. The monoisotopic (exact) mass is 427 g/mol. The molecule has 1 aliphatic rings. The van der Waals surface area contributed by atoms with E-state index in [1.54, 1.807) is 47.5 Å². The number of carbonyl (C=O) groups is 2. The topological polar surface area (TPSA) is 112 Å². The van der Waals surface area contributed by atoms with Gasteiger partial charge in [-0.2, -0.15) is 0 Å². The van der Waals surface area contributed by atoms with Crippen LogP contribution in [0.3, 0.4) is 0 Å². The van der Waals surface area contributed by atoms with E-state index >= 15 is 0 Å². The predicted molar refractivity (Wildman–Crippen MR) is 112 cm³/mol. The van der Waals surface area contributed by atoms with Crippen molar-refractivity contribution in [3.8, 4) is 11.5 Å². The molecule has 3 heterocycles. The van der Waals surface area contributed by atoms with Crippen LogP contribution in [0.4, 0.5) is 0 Å². The summed E-state index contributed by atoms with van der Waals surface area (Å²) in [4.78, 5) is 30.8. The fourth-order valence-corrected chi connectivity index (χ4v) is 4.35. The molecule has 0 radical (unpaired) electrons. The highest BCUT2D eigenvalue weighted by atomic mass is 32.1. The molecule has 1 unspecified atom stereocenters. The number of nitrogens with one attached hydrogen (secondary N) is 1. The van der Waals surface area contributed by atoms with Crippen LogP contribution in [0.25, 0.3) is 10.2 Å². The molecule has 1 saturated heterocycles. The first-order valence-corrected chi connectivity index (χ1v) is 10.3. The van der Waals surface area contributed by atoms with Gasteiger partial charge in [0.25, 0.3) is 11.8 Å². The Hall–Kier alpha value is -3.01. The van der Waals surface area contributed by atoms with Gasteiger partial charge in [-0.3, -0.25) is 14.6 Å². The van der Waals surface area contributed by atoms with Crippen molar-refractivity contribution >= 4 is 33.4 Å². The minimum Gasteiger partial charge on any atom is -0.456 e. The highest BCUT2D eigenvalue weighted by Crippen LogP contribution is 2.36. The second-order valence-corrected chi connectivity index (χ2v) is 8.07. The lowest BCUT2D eigenvalue weighted by Crippen LogP contribution is -2.28. The quantitative estimate of drug-likeness (QED) is 0.575. The summed E-state index contributed by atoms with van der Waals surface area (Å²) in [5.41, 5.74) is 1.12. The van der Waals surface area contributed by atoms with Crippen molar-refractivity contribution in [2.75, 3.05) is 20.1 Å². The third-order valence-corrected chi connectivity index (χ3v) is 6.08. The smallest absolute Gasteiger partial charge is 0.264 e. The third kappa shape index (κ3) is 4.00. The molecule has 9 heteroatoms. The van der Waals surface area contributed by atoms with E-state index in [0.717, 1.165) is 4.70 Å². The van der Waals surface area contributed by atoms with Gasteiger partial charge in [0.2, 0.25) is 0 Å². The van der Waals surface area contributed by atoms with Gasteiger partial charge in [-0.25, -0.2) is 0 Å². The fraction of sp³-hybridized carbons (Fsp3) is 0.286. The van der Waals surface area contributed by atoms with Crippen LogP contribution in [-0.2, 0) is 4.79 Å². The van der Waals surface area contributed by atoms with Gasteiger partial charge in [-0.05, 0) is 30.2 Å². The van der Waals surface area contributed by atoms with Crippen molar-refractivity contribution in [2.45, 2.75) is 18.6 Å². The molecule has 8 nitrogen and oxygen atoms in total. The molecule has 2 amide bonds. The largest absolute Gasteiger partial charge is 0.456 e. The lowest BCUT2D eigenvalue weighted by atomic mass is 10.1. The molecule has 1 aromatic carbocycles. The number of nitrogens with zero attached hydrogens (tertiary/aromatic N) is 2. The van der Waals surface area contributed by atoms with Gasteiger partial charge >= 0.3 is 0 Å². The van der Waals surface area contributed by atoms with E-state index in [4.69, 9.17) is 4.74 Å². The van der Waals surface area contributed by atoms with E-state index < -0.39 is 18.1 Å². The number of hydrogen-bond donors (Lipinski definition) is 3. The zero-order valence-corrected chi connectivity index (χ0v) is 17.1. The maximum atomic E-state index is 12.7. The molecule has 0 bridgehead atoms. The minimum atomic E-state index is -1.24. The molecule has 0 aliphatic carbocycles. The maximum Gasteiger partial charge on any atom is 0.264 e. The Bertz CT molecular complexity index is 1080.